The summed E-state index contributed by atoms with van der Waals surface area (Å²) in [4.78, 5) is 13.8. The van der Waals surface area contributed by atoms with Gasteiger partial charge in [-0.3, -0.25) is 4.79 Å². The second kappa shape index (κ2) is 7.66. The number of piperidine rings is 1. The molecule has 0 aliphatic carbocycles. The maximum Gasteiger partial charge on any atom is 0.223 e. The summed E-state index contributed by atoms with van der Waals surface area (Å²) >= 11 is 0. The molecule has 0 aromatic carbocycles. The minimum Gasteiger partial charge on any atom is -0.346 e. The van der Waals surface area contributed by atoms with Crippen molar-refractivity contribution in [3.05, 3.63) is 0 Å². The van der Waals surface area contributed by atoms with Gasteiger partial charge in [0.15, 0.2) is 0 Å². The summed E-state index contributed by atoms with van der Waals surface area (Å²) < 4.78 is 0. The highest BCUT2D eigenvalue weighted by Crippen LogP contribution is 2.11. The molecule has 16 heavy (non-hydrogen) atoms. The van der Waals surface area contributed by atoms with Crippen LogP contribution >= 0.6 is 0 Å². The minimum atomic E-state index is 0.301. The number of hydrogen-bond acceptors (Lipinski definition) is 2. The maximum absolute atomic E-state index is 11.9. The molecule has 1 fully saturated rings. The van der Waals surface area contributed by atoms with Gasteiger partial charge in [0.05, 0.1) is 0 Å². The van der Waals surface area contributed by atoms with Gasteiger partial charge in [-0.05, 0) is 25.8 Å². The Kier molecular flexibility index (Phi) is 6.46. The van der Waals surface area contributed by atoms with Crippen LogP contribution in [0.3, 0.4) is 0 Å². The Labute approximate surface area is 99.6 Å². The molecule has 0 aromatic rings. The number of hydrogen-bond donors (Lipinski definition) is 1. The summed E-state index contributed by atoms with van der Waals surface area (Å²) in [6.07, 6.45) is 7.95. The molecule has 3 nitrogen and oxygen atoms in total. The van der Waals surface area contributed by atoms with Gasteiger partial charge >= 0.3 is 0 Å². The van der Waals surface area contributed by atoms with Crippen LogP contribution in [0.1, 0.15) is 51.9 Å². The minimum absolute atomic E-state index is 0.301. The molecule has 0 radical (unpaired) electrons. The average Bonchev–Trinajstić information content (AvgIpc) is 2.30. The second-order valence-corrected chi connectivity index (χ2v) is 4.87. The Balaban J connectivity index is 2.16. The lowest BCUT2D eigenvalue weighted by Gasteiger charge is -2.25. The molecule has 3 heteroatoms. The second-order valence-electron chi connectivity index (χ2n) is 4.87. The third kappa shape index (κ3) is 4.97. The van der Waals surface area contributed by atoms with Gasteiger partial charge in [-0.1, -0.05) is 26.2 Å². The van der Waals surface area contributed by atoms with Crippen LogP contribution in [0, 0.1) is 0 Å². The van der Waals surface area contributed by atoms with E-state index in [1.165, 1.54) is 25.7 Å². The Hall–Kier alpha value is -0.570. The first-order chi connectivity index (χ1) is 7.74. The number of carbonyl (C=O) groups is 1. The summed E-state index contributed by atoms with van der Waals surface area (Å²) in [5, 5.41) is 3.42. The van der Waals surface area contributed by atoms with Crippen molar-refractivity contribution < 1.29 is 4.79 Å². The highest BCUT2D eigenvalue weighted by atomic mass is 16.2. The molecule has 1 heterocycles. The van der Waals surface area contributed by atoms with Crippen molar-refractivity contribution in [3.63, 3.8) is 0 Å². The molecular weight excluding hydrogens is 200 g/mol. The Morgan fingerprint density at radius 1 is 1.38 bits per heavy atom. The van der Waals surface area contributed by atoms with Crippen molar-refractivity contribution >= 4 is 5.91 Å². The van der Waals surface area contributed by atoms with Crippen molar-refractivity contribution in [3.8, 4) is 0 Å². The predicted molar refractivity (Wildman–Crippen MR) is 67.4 cm³/mol. The standard InChI is InChI=1S/C13H26N2O/c1-3-4-7-10-15(2)13(16)11-12-8-5-6-9-14-12/h12,14H,3-11H2,1-2H3. The van der Waals surface area contributed by atoms with Crippen molar-refractivity contribution in [2.45, 2.75) is 57.9 Å². The largest absolute Gasteiger partial charge is 0.346 e. The molecule has 0 saturated carbocycles. The van der Waals surface area contributed by atoms with E-state index < -0.39 is 0 Å². The number of nitrogens with one attached hydrogen (secondary N) is 1. The monoisotopic (exact) mass is 226 g/mol. The Morgan fingerprint density at radius 3 is 2.81 bits per heavy atom. The summed E-state index contributed by atoms with van der Waals surface area (Å²) in [7, 11) is 1.93. The SMILES string of the molecule is CCCCCN(C)C(=O)CC1CCCCN1. The van der Waals surface area contributed by atoms with Crippen LogP contribution in [0.2, 0.25) is 0 Å². The van der Waals surface area contributed by atoms with Crippen LogP contribution in [-0.2, 0) is 4.79 Å². The molecule has 1 aliphatic heterocycles. The third-order valence-corrected chi connectivity index (χ3v) is 3.36. The van der Waals surface area contributed by atoms with E-state index in [0.717, 1.165) is 25.9 Å². The van der Waals surface area contributed by atoms with Gasteiger partial charge in [0.2, 0.25) is 5.91 Å². The molecular formula is C13H26N2O. The lowest BCUT2D eigenvalue weighted by molar-refractivity contribution is -0.130. The number of carbonyl (C=O) groups excluding carboxylic acids is 1. The van der Waals surface area contributed by atoms with E-state index >= 15 is 0 Å². The normalized spacial score (nSPS) is 20.8. The zero-order valence-corrected chi connectivity index (χ0v) is 10.8. The fraction of sp³-hybridized carbons (Fsp3) is 0.923. The van der Waals surface area contributed by atoms with E-state index in [0.29, 0.717) is 18.4 Å². The van der Waals surface area contributed by atoms with Gasteiger partial charge in [-0.25, -0.2) is 0 Å². The van der Waals surface area contributed by atoms with Crippen LogP contribution < -0.4 is 5.32 Å². The summed E-state index contributed by atoms with van der Waals surface area (Å²) in [6.45, 7) is 4.19. The zero-order valence-electron chi connectivity index (χ0n) is 10.8. The molecule has 1 aliphatic rings. The first-order valence-corrected chi connectivity index (χ1v) is 6.71. The molecule has 1 amide bonds. The Morgan fingerprint density at radius 2 is 2.19 bits per heavy atom. The first kappa shape index (κ1) is 13.5. The summed E-state index contributed by atoms with van der Waals surface area (Å²) in [6, 6.07) is 0.426. The maximum atomic E-state index is 11.9. The van der Waals surface area contributed by atoms with Crippen molar-refractivity contribution in [2.24, 2.45) is 0 Å². The molecule has 1 unspecified atom stereocenters. The highest BCUT2D eigenvalue weighted by molar-refractivity contribution is 5.76. The number of amides is 1. The fourth-order valence-corrected chi connectivity index (χ4v) is 2.19. The molecule has 0 bridgehead atoms. The predicted octanol–water partition coefficient (Wildman–Crippen LogP) is 2.17. The summed E-state index contributed by atoms with van der Waals surface area (Å²) in [5.74, 6) is 0.301. The van der Waals surface area contributed by atoms with E-state index in [4.69, 9.17) is 0 Å². The van der Waals surface area contributed by atoms with Crippen molar-refractivity contribution in [2.75, 3.05) is 20.1 Å². The van der Waals surface area contributed by atoms with Crippen LogP contribution in [0.5, 0.6) is 0 Å². The van der Waals surface area contributed by atoms with Gasteiger partial charge in [0.1, 0.15) is 0 Å². The molecule has 1 rings (SSSR count). The van der Waals surface area contributed by atoms with Gasteiger partial charge in [0, 0.05) is 26.1 Å². The lowest BCUT2D eigenvalue weighted by Crippen LogP contribution is -2.39. The van der Waals surface area contributed by atoms with E-state index in [1.807, 2.05) is 11.9 Å². The smallest absolute Gasteiger partial charge is 0.223 e. The van der Waals surface area contributed by atoms with Crippen LogP contribution in [-0.4, -0.2) is 37.0 Å². The third-order valence-electron chi connectivity index (χ3n) is 3.36. The number of nitrogens with zero attached hydrogens (tertiary/aromatic N) is 1. The van der Waals surface area contributed by atoms with Crippen molar-refractivity contribution in [1.29, 1.82) is 0 Å². The van der Waals surface area contributed by atoms with Crippen LogP contribution in [0.25, 0.3) is 0 Å². The highest BCUT2D eigenvalue weighted by Gasteiger charge is 2.18. The van der Waals surface area contributed by atoms with Crippen LogP contribution in [0.4, 0.5) is 0 Å². The Bertz CT molecular complexity index is 200. The van der Waals surface area contributed by atoms with E-state index in [-0.39, 0.29) is 0 Å². The van der Waals surface area contributed by atoms with Crippen LogP contribution in [0.15, 0.2) is 0 Å². The average molecular weight is 226 g/mol. The quantitative estimate of drug-likeness (QED) is 0.704. The molecule has 0 aromatic heterocycles. The molecule has 0 spiro atoms. The molecule has 1 N–H and O–H groups in total. The molecule has 1 saturated heterocycles. The lowest BCUT2D eigenvalue weighted by atomic mass is 10.0. The number of rotatable bonds is 6. The van der Waals surface area contributed by atoms with E-state index in [9.17, 15) is 4.79 Å². The molecule has 94 valence electrons. The topological polar surface area (TPSA) is 32.3 Å². The van der Waals surface area contributed by atoms with Gasteiger partial charge in [-0.15, -0.1) is 0 Å². The van der Waals surface area contributed by atoms with Gasteiger partial charge < -0.3 is 10.2 Å². The van der Waals surface area contributed by atoms with Gasteiger partial charge in [-0.2, -0.15) is 0 Å². The summed E-state index contributed by atoms with van der Waals surface area (Å²) in [5.41, 5.74) is 0. The van der Waals surface area contributed by atoms with E-state index in [2.05, 4.69) is 12.2 Å². The van der Waals surface area contributed by atoms with Crippen molar-refractivity contribution in [1.82, 2.24) is 10.2 Å². The van der Waals surface area contributed by atoms with E-state index in [1.54, 1.807) is 0 Å². The molecule has 1 atom stereocenters. The zero-order chi connectivity index (χ0) is 11.8. The fourth-order valence-electron chi connectivity index (χ4n) is 2.19. The number of unbranched alkanes of at least 4 members (excludes halogenated alkanes) is 2. The first-order valence-electron chi connectivity index (χ1n) is 6.71. The van der Waals surface area contributed by atoms with Gasteiger partial charge in [0.25, 0.3) is 0 Å².